The summed E-state index contributed by atoms with van der Waals surface area (Å²) in [5.41, 5.74) is 1.50. The van der Waals surface area contributed by atoms with Crippen LogP contribution in [0.5, 0.6) is 0 Å². The number of nitrogens with zero attached hydrogens (tertiary/aromatic N) is 3. The lowest BCUT2D eigenvalue weighted by Crippen LogP contribution is -2.67. The van der Waals surface area contributed by atoms with Gasteiger partial charge in [0, 0.05) is 44.6 Å². The number of aromatic nitrogens is 1. The fourth-order valence-corrected chi connectivity index (χ4v) is 4.84. The Labute approximate surface area is 146 Å². The second-order valence-electron chi connectivity index (χ2n) is 8.30. The molecular formula is C20H31N3O. The molecule has 3 fully saturated rings. The molecule has 0 unspecified atom stereocenters. The van der Waals surface area contributed by atoms with E-state index in [0.29, 0.717) is 5.92 Å². The molecule has 0 bridgehead atoms. The lowest BCUT2D eigenvalue weighted by molar-refractivity contribution is -0.190. The molecule has 0 amide bonds. The summed E-state index contributed by atoms with van der Waals surface area (Å²) in [5, 5.41) is 0. The average molecular weight is 329 g/mol. The van der Waals surface area contributed by atoms with Crippen LogP contribution in [-0.4, -0.2) is 59.7 Å². The van der Waals surface area contributed by atoms with Crippen molar-refractivity contribution < 1.29 is 4.74 Å². The highest BCUT2D eigenvalue weighted by molar-refractivity contribution is 5.08. The maximum atomic E-state index is 6.37. The third-order valence-corrected chi connectivity index (χ3v) is 6.20. The third-order valence-electron chi connectivity index (χ3n) is 6.20. The molecule has 3 heterocycles. The molecule has 4 rings (SSSR count). The quantitative estimate of drug-likeness (QED) is 0.830. The van der Waals surface area contributed by atoms with E-state index in [2.05, 4.69) is 27.9 Å². The van der Waals surface area contributed by atoms with Gasteiger partial charge in [-0.25, -0.2) is 0 Å². The first-order chi connectivity index (χ1) is 11.7. The first-order valence-electron chi connectivity index (χ1n) is 9.68. The molecule has 2 aliphatic heterocycles. The Morgan fingerprint density at radius 1 is 1.29 bits per heavy atom. The van der Waals surface area contributed by atoms with Gasteiger partial charge in [-0.3, -0.25) is 9.88 Å². The summed E-state index contributed by atoms with van der Waals surface area (Å²) >= 11 is 0. The van der Waals surface area contributed by atoms with Crippen molar-refractivity contribution in [2.75, 3.05) is 33.3 Å². The van der Waals surface area contributed by atoms with Crippen molar-refractivity contribution in [3.63, 3.8) is 0 Å². The fraction of sp³-hybridized carbons (Fsp3) is 0.750. The van der Waals surface area contributed by atoms with Gasteiger partial charge in [-0.2, -0.15) is 0 Å². The molecule has 4 nitrogen and oxygen atoms in total. The Morgan fingerprint density at radius 3 is 2.79 bits per heavy atom. The highest BCUT2D eigenvalue weighted by Crippen LogP contribution is 2.39. The van der Waals surface area contributed by atoms with Gasteiger partial charge in [0.15, 0.2) is 0 Å². The van der Waals surface area contributed by atoms with E-state index in [-0.39, 0.29) is 5.60 Å². The van der Waals surface area contributed by atoms with Crippen LogP contribution in [-0.2, 0) is 11.3 Å². The van der Waals surface area contributed by atoms with Crippen molar-refractivity contribution in [2.24, 2.45) is 5.92 Å². The predicted molar refractivity (Wildman–Crippen MR) is 95.8 cm³/mol. The Hall–Kier alpha value is -0.970. The van der Waals surface area contributed by atoms with E-state index >= 15 is 0 Å². The summed E-state index contributed by atoms with van der Waals surface area (Å²) in [6, 6.07) is 5.04. The molecule has 1 aromatic rings. The van der Waals surface area contributed by atoms with E-state index in [1.807, 2.05) is 18.5 Å². The maximum Gasteiger partial charge on any atom is 0.0935 e. The van der Waals surface area contributed by atoms with Crippen molar-refractivity contribution in [1.82, 2.24) is 14.8 Å². The Balaban J connectivity index is 1.19. The molecular weight excluding hydrogens is 298 g/mol. The van der Waals surface area contributed by atoms with E-state index in [4.69, 9.17) is 4.74 Å². The molecule has 4 heteroatoms. The summed E-state index contributed by atoms with van der Waals surface area (Å²) in [7, 11) is 2.21. The number of ether oxygens (including phenoxy) is 1. The number of hydrogen-bond acceptors (Lipinski definition) is 4. The van der Waals surface area contributed by atoms with Crippen molar-refractivity contribution >= 4 is 0 Å². The molecule has 132 valence electrons. The lowest BCUT2D eigenvalue weighted by Gasteiger charge is -2.55. The second kappa shape index (κ2) is 7.11. The molecule has 1 aromatic heterocycles. The fourth-order valence-electron chi connectivity index (χ4n) is 4.84. The van der Waals surface area contributed by atoms with Gasteiger partial charge in [0.2, 0.25) is 0 Å². The van der Waals surface area contributed by atoms with Crippen LogP contribution >= 0.6 is 0 Å². The summed E-state index contributed by atoms with van der Waals surface area (Å²) in [6.45, 7) is 5.42. The molecule has 1 atom stereocenters. The van der Waals surface area contributed by atoms with Crippen LogP contribution in [0, 0.1) is 5.92 Å². The molecule has 0 N–H and O–H groups in total. The van der Waals surface area contributed by atoms with Crippen molar-refractivity contribution in [2.45, 2.75) is 56.7 Å². The number of pyridine rings is 1. The zero-order valence-electron chi connectivity index (χ0n) is 15.0. The minimum atomic E-state index is 0.209. The standard InChI is InChI=1S/C20H31N3O/c1-22(12-17-5-4-10-21-11-17)13-18-8-9-20(24-14-18)15-23(16-20)19-6-2-3-7-19/h4-5,10-11,18-19H,2-3,6-9,12-16H2,1H3/t18-/m0/s1. The Kier molecular flexibility index (Phi) is 4.88. The summed E-state index contributed by atoms with van der Waals surface area (Å²) in [6.07, 6.45) is 12.1. The molecule has 1 aliphatic carbocycles. The smallest absolute Gasteiger partial charge is 0.0935 e. The lowest BCUT2D eigenvalue weighted by atomic mass is 9.81. The third kappa shape index (κ3) is 3.66. The van der Waals surface area contributed by atoms with Gasteiger partial charge in [-0.1, -0.05) is 18.9 Å². The van der Waals surface area contributed by atoms with Crippen molar-refractivity contribution in [3.8, 4) is 0 Å². The molecule has 24 heavy (non-hydrogen) atoms. The van der Waals surface area contributed by atoms with Crippen LogP contribution in [0.15, 0.2) is 24.5 Å². The van der Waals surface area contributed by atoms with Gasteiger partial charge in [-0.15, -0.1) is 0 Å². The SMILES string of the molecule is CN(Cc1cccnc1)C[C@@H]1CCC2(CN(C3CCCC3)C2)OC1. The highest BCUT2D eigenvalue weighted by Gasteiger charge is 2.48. The number of likely N-dealkylation sites (tertiary alicyclic amines) is 1. The topological polar surface area (TPSA) is 28.6 Å². The number of hydrogen-bond donors (Lipinski definition) is 0. The van der Waals surface area contributed by atoms with E-state index < -0.39 is 0 Å². The van der Waals surface area contributed by atoms with Gasteiger partial charge in [0.05, 0.1) is 12.2 Å². The Morgan fingerprint density at radius 2 is 2.12 bits per heavy atom. The van der Waals surface area contributed by atoms with Gasteiger partial charge < -0.3 is 9.64 Å². The number of rotatable bonds is 5. The zero-order chi connectivity index (χ0) is 16.4. The largest absolute Gasteiger partial charge is 0.372 e. The van der Waals surface area contributed by atoms with Crippen LogP contribution < -0.4 is 0 Å². The van der Waals surface area contributed by atoms with E-state index in [1.54, 1.807) is 0 Å². The van der Waals surface area contributed by atoms with E-state index in [0.717, 1.165) is 25.7 Å². The monoisotopic (exact) mass is 329 g/mol. The molecule has 1 saturated carbocycles. The molecule has 3 aliphatic rings. The summed E-state index contributed by atoms with van der Waals surface area (Å²) < 4.78 is 6.37. The van der Waals surface area contributed by atoms with Gasteiger partial charge in [0.1, 0.15) is 0 Å². The van der Waals surface area contributed by atoms with Crippen LogP contribution in [0.25, 0.3) is 0 Å². The summed E-state index contributed by atoms with van der Waals surface area (Å²) in [5.74, 6) is 0.679. The highest BCUT2D eigenvalue weighted by atomic mass is 16.5. The van der Waals surface area contributed by atoms with Crippen molar-refractivity contribution in [3.05, 3.63) is 30.1 Å². The Bertz CT molecular complexity index is 513. The van der Waals surface area contributed by atoms with Crippen LogP contribution in [0.3, 0.4) is 0 Å². The van der Waals surface area contributed by atoms with Gasteiger partial charge >= 0.3 is 0 Å². The molecule has 0 radical (unpaired) electrons. The molecule has 1 spiro atoms. The van der Waals surface area contributed by atoms with Crippen LogP contribution in [0.1, 0.15) is 44.1 Å². The summed E-state index contributed by atoms with van der Waals surface area (Å²) in [4.78, 5) is 9.30. The first-order valence-corrected chi connectivity index (χ1v) is 9.68. The minimum absolute atomic E-state index is 0.209. The second-order valence-corrected chi connectivity index (χ2v) is 8.30. The van der Waals surface area contributed by atoms with Gasteiger partial charge in [-0.05, 0) is 50.3 Å². The predicted octanol–water partition coefficient (Wildman–Crippen LogP) is 2.94. The van der Waals surface area contributed by atoms with Crippen LogP contribution in [0.4, 0.5) is 0 Å². The zero-order valence-corrected chi connectivity index (χ0v) is 15.0. The average Bonchev–Trinajstić information content (AvgIpc) is 3.08. The maximum absolute atomic E-state index is 6.37. The molecule has 0 aromatic carbocycles. The minimum Gasteiger partial charge on any atom is -0.372 e. The first kappa shape index (κ1) is 16.5. The molecule has 2 saturated heterocycles. The van der Waals surface area contributed by atoms with E-state index in [1.165, 1.54) is 57.2 Å². The normalized spacial score (nSPS) is 27.7. The van der Waals surface area contributed by atoms with E-state index in [9.17, 15) is 0 Å². The van der Waals surface area contributed by atoms with Gasteiger partial charge in [0.25, 0.3) is 0 Å². The van der Waals surface area contributed by atoms with Crippen LogP contribution in [0.2, 0.25) is 0 Å². The van der Waals surface area contributed by atoms with Crippen molar-refractivity contribution in [1.29, 1.82) is 0 Å².